The molecule has 0 rings (SSSR count). The first-order chi connectivity index (χ1) is 6.91. The molecule has 0 heterocycles. The van der Waals surface area contributed by atoms with Gasteiger partial charge in [0.1, 0.15) is 0 Å². The van der Waals surface area contributed by atoms with E-state index >= 15 is 0 Å². The average Bonchev–Trinajstić information content (AvgIpc) is 2.10. The van der Waals surface area contributed by atoms with Crippen LogP contribution in [-0.2, 0) is 19.1 Å². The van der Waals surface area contributed by atoms with E-state index < -0.39 is 11.9 Å². The Morgan fingerprint density at radius 2 is 1.60 bits per heavy atom. The van der Waals surface area contributed by atoms with Crippen LogP contribution in [-0.4, -0.2) is 24.6 Å². The summed E-state index contributed by atoms with van der Waals surface area (Å²) in [5.74, 6) is 2.94. The first kappa shape index (κ1) is 13.5. The molecular formula is C11H16O4. The Kier molecular flexibility index (Phi) is 6.19. The quantitative estimate of drug-likeness (QED) is 0.400. The van der Waals surface area contributed by atoms with E-state index in [1.807, 2.05) is 13.8 Å². The Bertz CT molecular complexity index is 281. The minimum absolute atomic E-state index is 0.238. The molecule has 84 valence electrons. The zero-order valence-corrected chi connectivity index (χ0v) is 9.49. The molecule has 0 amide bonds. The van der Waals surface area contributed by atoms with Crippen LogP contribution in [0, 0.1) is 17.8 Å². The van der Waals surface area contributed by atoms with Gasteiger partial charge >= 0.3 is 11.9 Å². The van der Waals surface area contributed by atoms with E-state index in [4.69, 9.17) is 9.47 Å². The maximum absolute atomic E-state index is 10.9. The summed E-state index contributed by atoms with van der Waals surface area (Å²) in [4.78, 5) is 21.8. The Morgan fingerprint density at radius 3 is 2.07 bits per heavy atom. The number of hydrogen-bond donors (Lipinski definition) is 0. The molecule has 0 aliphatic rings. The lowest BCUT2D eigenvalue weighted by Crippen LogP contribution is -2.11. The molecule has 0 unspecified atom stereocenters. The van der Waals surface area contributed by atoms with Crippen LogP contribution in [0.2, 0.25) is 0 Å². The normalized spacial score (nSPS) is 9.47. The van der Waals surface area contributed by atoms with Crippen molar-refractivity contribution in [3.8, 4) is 11.8 Å². The zero-order chi connectivity index (χ0) is 11.8. The average molecular weight is 212 g/mol. The number of ether oxygens (including phenoxy) is 2. The Labute approximate surface area is 89.9 Å². The van der Waals surface area contributed by atoms with Crippen molar-refractivity contribution in [3.05, 3.63) is 0 Å². The Hall–Kier alpha value is -1.50. The number of carbonyl (C=O) groups is 2. The minimum Gasteiger partial charge on any atom is -0.456 e. The Balaban J connectivity index is 3.95. The predicted octanol–water partition coefficient (Wildman–Crippen LogP) is 1.14. The molecule has 0 atom stereocenters. The van der Waals surface area contributed by atoms with Crippen LogP contribution in [0.25, 0.3) is 0 Å². The second-order valence-electron chi connectivity index (χ2n) is 3.70. The van der Waals surface area contributed by atoms with E-state index in [1.54, 1.807) is 13.8 Å². The van der Waals surface area contributed by atoms with Crippen molar-refractivity contribution in [2.45, 2.75) is 33.8 Å². The van der Waals surface area contributed by atoms with Crippen LogP contribution in [0.4, 0.5) is 0 Å². The molecule has 0 saturated heterocycles. The van der Waals surface area contributed by atoms with Gasteiger partial charge in [0.05, 0.1) is 12.7 Å². The fraction of sp³-hybridized carbons (Fsp3) is 0.636. The topological polar surface area (TPSA) is 52.6 Å². The molecular weight excluding hydrogens is 196 g/mol. The first-order valence-corrected chi connectivity index (χ1v) is 4.81. The lowest BCUT2D eigenvalue weighted by atomic mass is 10.2. The molecule has 0 fully saturated rings. The van der Waals surface area contributed by atoms with Crippen LogP contribution in [0.15, 0.2) is 0 Å². The van der Waals surface area contributed by atoms with Gasteiger partial charge < -0.3 is 9.47 Å². The predicted molar refractivity (Wildman–Crippen MR) is 54.8 cm³/mol. The van der Waals surface area contributed by atoms with Gasteiger partial charge in [0, 0.05) is 11.8 Å². The van der Waals surface area contributed by atoms with Gasteiger partial charge in [0.15, 0.2) is 0 Å². The first-order valence-electron chi connectivity index (χ1n) is 4.81. The largest absolute Gasteiger partial charge is 0.456 e. The molecule has 4 heteroatoms. The molecule has 0 spiro atoms. The highest BCUT2D eigenvalue weighted by Crippen LogP contribution is 1.92. The van der Waals surface area contributed by atoms with Crippen LogP contribution >= 0.6 is 0 Å². The van der Waals surface area contributed by atoms with E-state index in [1.165, 1.54) is 0 Å². The summed E-state index contributed by atoms with van der Waals surface area (Å²) in [6.07, 6.45) is -0.238. The molecule has 0 aliphatic heterocycles. The van der Waals surface area contributed by atoms with Crippen LogP contribution in [0.5, 0.6) is 0 Å². The van der Waals surface area contributed by atoms with Crippen LogP contribution in [0.1, 0.15) is 27.7 Å². The molecule has 4 nitrogen and oxygen atoms in total. The summed E-state index contributed by atoms with van der Waals surface area (Å²) in [5, 5.41) is 0. The van der Waals surface area contributed by atoms with Gasteiger partial charge in [-0.05, 0) is 19.8 Å². The smallest absolute Gasteiger partial charge is 0.385 e. The highest BCUT2D eigenvalue weighted by atomic mass is 16.5. The second-order valence-corrected chi connectivity index (χ2v) is 3.70. The third-order valence-electron chi connectivity index (χ3n) is 1.16. The van der Waals surface area contributed by atoms with Gasteiger partial charge in [0.25, 0.3) is 0 Å². The Morgan fingerprint density at radius 1 is 1.07 bits per heavy atom. The van der Waals surface area contributed by atoms with Crippen LogP contribution in [0.3, 0.4) is 0 Å². The van der Waals surface area contributed by atoms with E-state index in [-0.39, 0.29) is 12.0 Å². The van der Waals surface area contributed by atoms with Gasteiger partial charge in [-0.3, -0.25) is 0 Å². The monoisotopic (exact) mass is 212 g/mol. The molecule has 0 radical (unpaired) electrons. The third-order valence-corrected chi connectivity index (χ3v) is 1.16. The van der Waals surface area contributed by atoms with Gasteiger partial charge in [-0.2, -0.15) is 0 Å². The van der Waals surface area contributed by atoms with E-state index in [2.05, 4.69) is 11.8 Å². The number of hydrogen-bond acceptors (Lipinski definition) is 4. The zero-order valence-electron chi connectivity index (χ0n) is 9.49. The summed E-state index contributed by atoms with van der Waals surface area (Å²) < 4.78 is 9.44. The van der Waals surface area contributed by atoms with Crippen molar-refractivity contribution in [3.63, 3.8) is 0 Å². The molecule has 0 aromatic rings. The molecule has 0 bridgehead atoms. The lowest BCUT2D eigenvalue weighted by molar-refractivity contribution is -0.141. The maximum Gasteiger partial charge on any atom is 0.385 e. The third kappa shape index (κ3) is 8.82. The molecule has 15 heavy (non-hydrogen) atoms. The van der Waals surface area contributed by atoms with Crippen molar-refractivity contribution in [2.24, 2.45) is 5.92 Å². The number of esters is 2. The molecule has 0 N–H and O–H groups in total. The second kappa shape index (κ2) is 6.88. The molecule has 0 aliphatic carbocycles. The molecule has 0 aromatic carbocycles. The fourth-order valence-corrected chi connectivity index (χ4v) is 0.624. The fourth-order valence-electron chi connectivity index (χ4n) is 0.624. The van der Waals surface area contributed by atoms with Gasteiger partial charge in [-0.1, -0.05) is 13.8 Å². The molecule has 0 saturated carbocycles. The number of carbonyl (C=O) groups excluding carboxylic acids is 2. The van der Waals surface area contributed by atoms with Crippen molar-refractivity contribution < 1.29 is 19.1 Å². The summed E-state index contributed by atoms with van der Waals surface area (Å²) in [6, 6.07) is 0. The van der Waals surface area contributed by atoms with Gasteiger partial charge in [-0.15, -0.1) is 0 Å². The standard InChI is InChI=1S/C11H16O4/c1-8(2)7-14-10(12)5-6-11(13)15-9(3)4/h8-9H,7H2,1-4H3. The van der Waals surface area contributed by atoms with Gasteiger partial charge in [0.2, 0.25) is 0 Å². The van der Waals surface area contributed by atoms with Crippen molar-refractivity contribution >= 4 is 11.9 Å². The highest BCUT2D eigenvalue weighted by molar-refractivity contribution is 5.98. The van der Waals surface area contributed by atoms with Gasteiger partial charge in [-0.25, -0.2) is 9.59 Å². The minimum atomic E-state index is -0.716. The SMILES string of the molecule is CC(C)COC(=O)C#CC(=O)OC(C)C. The highest BCUT2D eigenvalue weighted by Gasteiger charge is 2.03. The summed E-state index contributed by atoms with van der Waals surface area (Å²) in [6.45, 7) is 7.53. The summed E-state index contributed by atoms with van der Waals surface area (Å²) >= 11 is 0. The number of rotatable bonds is 3. The summed E-state index contributed by atoms with van der Waals surface area (Å²) in [5.41, 5.74) is 0. The lowest BCUT2D eigenvalue weighted by Gasteiger charge is -2.03. The van der Waals surface area contributed by atoms with Crippen molar-refractivity contribution in [1.82, 2.24) is 0 Å². The summed E-state index contributed by atoms with van der Waals surface area (Å²) in [7, 11) is 0. The van der Waals surface area contributed by atoms with E-state index in [9.17, 15) is 9.59 Å². The maximum atomic E-state index is 10.9. The molecule has 0 aromatic heterocycles. The van der Waals surface area contributed by atoms with Crippen LogP contribution < -0.4 is 0 Å². The van der Waals surface area contributed by atoms with Crippen molar-refractivity contribution in [2.75, 3.05) is 6.61 Å². The van der Waals surface area contributed by atoms with E-state index in [0.29, 0.717) is 6.61 Å². The van der Waals surface area contributed by atoms with E-state index in [0.717, 1.165) is 0 Å². The van der Waals surface area contributed by atoms with Crippen molar-refractivity contribution in [1.29, 1.82) is 0 Å².